The van der Waals surface area contributed by atoms with Gasteiger partial charge in [0.2, 0.25) is 0 Å². The molecule has 1 atom stereocenters. The number of nitrogens with zero attached hydrogens (tertiary/aromatic N) is 1. The number of hydrogen-bond donors (Lipinski definition) is 0. The average Bonchev–Trinajstić information content (AvgIpc) is 2.16. The van der Waals surface area contributed by atoms with Gasteiger partial charge in [-0.05, 0) is 33.6 Å². The Morgan fingerprint density at radius 3 is 2.62 bits per heavy atom. The van der Waals surface area contributed by atoms with Gasteiger partial charge < -0.3 is 9.47 Å². The molecule has 0 radical (unpaired) electrons. The minimum absolute atomic E-state index is 0.382. The maximum Gasteiger partial charge on any atom is 0.413 e. The molecule has 92 valence electrons. The Balaban J connectivity index is 2.60. The van der Waals surface area contributed by atoms with Crippen LogP contribution in [0.1, 0.15) is 40.0 Å². The molecule has 1 heterocycles. The molecule has 0 aromatic rings. The van der Waals surface area contributed by atoms with Gasteiger partial charge in [-0.15, -0.1) is 0 Å². The van der Waals surface area contributed by atoms with E-state index >= 15 is 0 Å². The third-order valence-electron chi connectivity index (χ3n) is 2.29. The average molecular weight is 229 g/mol. The first-order chi connectivity index (χ1) is 7.44. The minimum atomic E-state index is -0.528. The summed E-state index contributed by atoms with van der Waals surface area (Å²) in [5.41, 5.74) is -0.528. The summed E-state index contributed by atoms with van der Waals surface area (Å²) in [5.74, 6) is 0. The van der Waals surface area contributed by atoms with Crippen molar-refractivity contribution in [2.24, 2.45) is 0 Å². The summed E-state index contributed by atoms with van der Waals surface area (Å²) in [6, 6.07) is 0. The number of amides is 1. The van der Waals surface area contributed by atoms with Gasteiger partial charge in [0, 0.05) is 13.0 Å². The molecule has 1 rings (SSSR count). The summed E-state index contributed by atoms with van der Waals surface area (Å²) < 4.78 is 10.1. The molecule has 0 aromatic heterocycles. The molecule has 0 aliphatic carbocycles. The van der Waals surface area contributed by atoms with Crippen molar-refractivity contribution in [1.29, 1.82) is 0 Å². The molecule has 1 amide bonds. The topological polar surface area (TPSA) is 55.8 Å². The minimum Gasteiger partial charge on any atom is -0.444 e. The van der Waals surface area contributed by atoms with Crippen molar-refractivity contribution in [3.05, 3.63) is 0 Å². The van der Waals surface area contributed by atoms with E-state index in [0.717, 1.165) is 12.8 Å². The fourth-order valence-corrected chi connectivity index (χ4v) is 1.64. The summed E-state index contributed by atoms with van der Waals surface area (Å²) in [4.78, 5) is 23.6. The van der Waals surface area contributed by atoms with Gasteiger partial charge in [-0.1, -0.05) is 0 Å². The lowest BCUT2D eigenvalue weighted by Gasteiger charge is -2.35. The zero-order valence-electron chi connectivity index (χ0n) is 10.1. The summed E-state index contributed by atoms with van der Waals surface area (Å²) in [6.45, 7) is 6.39. The second-order valence-corrected chi connectivity index (χ2v) is 4.86. The van der Waals surface area contributed by atoms with Crippen LogP contribution in [-0.2, 0) is 14.3 Å². The first-order valence-electron chi connectivity index (χ1n) is 5.53. The fraction of sp³-hybridized carbons (Fsp3) is 0.818. The number of likely N-dealkylation sites (tertiary alicyclic amines) is 1. The van der Waals surface area contributed by atoms with Crippen molar-refractivity contribution in [3.63, 3.8) is 0 Å². The number of rotatable bonds is 2. The Morgan fingerprint density at radius 2 is 2.06 bits per heavy atom. The molecule has 0 N–H and O–H groups in total. The zero-order valence-corrected chi connectivity index (χ0v) is 10.1. The lowest BCUT2D eigenvalue weighted by Crippen LogP contribution is -2.47. The van der Waals surface area contributed by atoms with Gasteiger partial charge >= 0.3 is 6.09 Å². The molecule has 0 bridgehead atoms. The smallest absolute Gasteiger partial charge is 0.413 e. The van der Waals surface area contributed by atoms with Gasteiger partial charge in [0.05, 0.1) is 0 Å². The van der Waals surface area contributed by atoms with E-state index in [4.69, 9.17) is 9.47 Å². The number of carbonyl (C=O) groups is 2. The molecule has 0 spiro atoms. The second-order valence-electron chi connectivity index (χ2n) is 4.86. The van der Waals surface area contributed by atoms with Crippen LogP contribution in [0.15, 0.2) is 0 Å². The van der Waals surface area contributed by atoms with E-state index in [-0.39, 0.29) is 0 Å². The molecule has 0 aromatic carbocycles. The lowest BCUT2D eigenvalue weighted by molar-refractivity contribution is -0.145. The molecule has 16 heavy (non-hydrogen) atoms. The maximum atomic E-state index is 11.8. The Labute approximate surface area is 95.7 Å². The lowest BCUT2D eigenvalue weighted by atomic mass is 10.1. The summed E-state index contributed by atoms with van der Waals surface area (Å²) in [6.07, 6.45) is 1.66. The fourth-order valence-electron chi connectivity index (χ4n) is 1.64. The van der Waals surface area contributed by atoms with Gasteiger partial charge in [0.1, 0.15) is 5.60 Å². The van der Waals surface area contributed by atoms with Crippen molar-refractivity contribution in [3.8, 4) is 0 Å². The van der Waals surface area contributed by atoms with Crippen LogP contribution in [0.25, 0.3) is 0 Å². The van der Waals surface area contributed by atoms with E-state index in [1.54, 1.807) is 0 Å². The zero-order chi connectivity index (χ0) is 12.2. The predicted octanol–water partition coefficient (Wildman–Crippen LogP) is 1.91. The quantitative estimate of drug-likeness (QED) is 0.679. The van der Waals surface area contributed by atoms with Crippen molar-refractivity contribution < 1.29 is 19.1 Å². The van der Waals surface area contributed by atoms with Crippen molar-refractivity contribution >= 4 is 12.6 Å². The third-order valence-corrected chi connectivity index (χ3v) is 2.29. The Kier molecular flexibility index (Phi) is 4.15. The van der Waals surface area contributed by atoms with Crippen LogP contribution in [0.2, 0.25) is 0 Å². The van der Waals surface area contributed by atoms with Gasteiger partial charge in [-0.25, -0.2) is 4.79 Å². The number of piperidine rings is 1. The molecule has 1 fully saturated rings. The summed E-state index contributed by atoms with van der Waals surface area (Å²) >= 11 is 0. The highest BCUT2D eigenvalue weighted by Gasteiger charge is 2.31. The largest absolute Gasteiger partial charge is 0.444 e. The van der Waals surface area contributed by atoms with E-state index in [1.165, 1.54) is 4.90 Å². The van der Waals surface area contributed by atoms with Crippen LogP contribution in [0.4, 0.5) is 4.79 Å². The van der Waals surface area contributed by atoms with Crippen LogP contribution >= 0.6 is 0 Å². The first kappa shape index (κ1) is 12.8. The van der Waals surface area contributed by atoms with E-state index in [0.29, 0.717) is 19.4 Å². The van der Waals surface area contributed by atoms with E-state index in [2.05, 4.69) is 0 Å². The maximum absolute atomic E-state index is 11.8. The highest BCUT2D eigenvalue weighted by molar-refractivity contribution is 5.68. The molecule has 1 aliphatic heterocycles. The van der Waals surface area contributed by atoms with Crippen molar-refractivity contribution in [2.75, 3.05) is 6.54 Å². The van der Waals surface area contributed by atoms with Gasteiger partial charge in [0.15, 0.2) is 6.23 Å². The van der Waals surface area contributed by atoms with Crippen molar-refractivity contribution in [2.45, 2.75) is 51.9 Å². The SMILES string of the molecule is CC(C)(C)OC(=O)N1CCCCC1OC=O. The van der Waals surface area contributed by atoms with Gasteiger partial charge in [-0.3, -0.25) is 9.69 Å². The second kappa shape index (κ2) is 5.18. The first-order valence-corrected chi connectivity index (χ1v) is 5.53. The van der Waals surface area contributed by atoms with Crippen LogP contribution in [-0.4, -0.2) is 35.8 Å². The van der Waals surface area contributed by atoms with E-state index in [1.807, 2.05) is 20.8 Å². The van der Waals surface area contributed by atoms with E-state index in [9.17, 15) is 9.59 Å². The van der Waals surface area contributed by atoms with Gasteiger partial charge in [0.25, 0.3) is 6.47 Å². The predicted molar refractivity (Wildman–Crippen MR) is 57.7 cm³/mol. The monoisotopic (exact) mass is 229 g/mol. The molecule has 1 unspecified atom stereocenters. The molecule has 1 aliphatic rings. The number of hydrogen-bond acceptors (Lipinski definition) is 4. The highest BCUT2D eigenvalue weighted by atomic mass is 16.6. The molecule has 5 heteroatoms. The molecule has 0 saturated carbocycles. The normalized spacial score (nSPS) is 21.4. The van der Waals surface area contributed by atoms with Gasteiger partial charge in [-0.2, -0.15) is 0 Å². The Bertz CT molecular complexity index is 259. The molecular formula is C11H19NO4. The van der Waals surface area contributed by atoms with Crippen LogP contribution in [0.5, 0.6) is 0 Å². The Morgan fingerprint density at radius 1 is 1.38 bits per heavy atom. The highest BCUT2D eigenvalue weighted by Crippen LogP contribution is 2.20. The summed E-state index contributed by atoms with van der Waals surface area (Å²) in [5, 5.41) is 0. The number of ether oxygens (including phenoxy) is 2. The molecule has 1 saturated heterocycles. The van der Waals surface area contributed by atoms with Crippen LogP contribution < -0.4 is 0 Å². The summed E-state index contributed by atoms with van der Waals surface area (Å²) in [7, 11) is 0. The van der Waals surface area contributed by atoms with E-state index < -0.39 is 17.9 Å². The molecular weight excluding hydrogens is 210 g/mol. The molecule has 5 nitrogen and oxygen atoms in total. The number of carbonyl (C=O) groups excluding carboxylic acids is 2. The van der Waals surface area contributed by atoms with Crippen LogP contribution in [0, 0.1) is 0 Å². The standard InChI is InChI=1S/C11H19NO4/c1-11(2,3)16-10(14)12-7-5-4-6-9(12)15-8-13/h8-9H,4-7H2,1-3H3. The Hall–Kier alpha value is -1.26. The van der Waals surface area contributed by atoms with Crippen molar-refractivity contribution in [1.82, 2.24) is 4.90 Å². The third kappa shape index (κ3) is 3.72. The van der Waals surface area contributed by atoms with Crippen LogP contribution in [0.3, 0.4) is 0 Å².